The lowest BCUT2D eigenvalue weighted by atomic mass is 10.1. The topological polar surface area (TPSA) is 17.1 Å². The smallest absolute Gasteiger partial charge is 0.187 e. The lowest BCUT2D eigenvalue weighted by Gasteiger charge is -2.03. The summed E-state index contributed by atoms with van der Waals surface area (Å²) in [6.07, 6.45) is 3.07. The molecule has 0 fully saturated rings. The standard InChI is InChI=1S/C15H8Cl4O/c16-10-3-1-2-9(8-10)4-7-13(20)11-5-6-12(17)15(19)14(11)18/h1-8H/b7-4+. The van der Waals surface area contributed by atoms with Crippen LogP contribution in [0.5, 0.6) is 0 Å². The predicted molar refractivity (Wildman–Crippen MR) is 86.3 cm³/mol. The fraction of sp³-hybridized carbons (Fsp3) is 0. The Morgan fingerprint density at radius 3 is 2.40 bits per heavy atom. The van der Waals surface area contributed by atoms with Gasteiger partial charge in [0.05, 0.1) is 15.1 Å². The zero-order chi connectivity index (χ0) is 14.7. The molecular formula is C15H8Cl4O. The van der Waals surface area contributed by atoms with Gasteiger partial charge in [-0.05, 0) is 35.9 Å². The lowest BCUT2D eigenvalue weighted by molar-refractivity contribution is 0.104. The molecule has 0 bridgehead atoms. The summed E-state index contributed by atoms with van der Waals surface area (Å²) in [5.74, 6) is -0.256. The molecule has 102 valence electrons. The van der Waals surface area contributed by atoms with E-state index >= 15 is 0 Å². The van der Waals surface area contributed by atoms with E-state index in [9.17, 15) is 4.79 Å². The Morgan fingerprint density at radius 1 is 0.950 bits per heavy atom. The van der Waals surface area contributed by atoms with Crippen molar-refractivity contribution in [2.75, 3.05) is 0 Å². The molecule has 0 aliphatic heterocycles. The average molecular weight is 346 g/mol. The molecule has 1 nitrogen and oxygen atoms in total. The minimum Gasteiger partial charge on any atom is -0.289 e. The van der Waals surface area contributed by atoms with Gasteiger partial charge in [0, 0.05) is 10.6 Å². The summed E-state index contributed by atoms with van der Waals surface area (Å²) in [7, 11) is 0. The maximum Gasteiger partial charge on any atom is 0.187 e. The molecule has 20 heavy (non-hydrogen) atoms. The molecule has 0 radical (unpaired) electrons. The maximum absolute atomic E-state index is 12.1. The Labute approximate surface area is 136 Å². The number of carbonyl (C=O) groups is 1. The molecule has 2 rings (SSSR count). The SMILES string of the molecule is O=C(/C=C/c1cccc(Cl)c1)c1ccc(Cl)c(Cl)c1Cl. The minimum atomic E-state index is -0.256. The molecule has 0 heterocycles. The minimum absolute atomic E-state index is 0.153. The fourth-order valence-corrected chi connectivity index (χ4v) is 2.42. The van der Waals surface area contributed by atoms with E-state index < -0.39 is 0 Å². The van der Waals surface area contributed by atoms with Crippen molar-refractivity contribution >= 4 is 58.3 Å². The first-order chi connectivity index (χ1) is 9.49. The Hall–Kier alpha value is -0.990. The highest BCUT2D eigenvalue weighted by Crippen LogP contribution is 2.33. The van der Waals surface area contributed by atoms with E-state index in [-0.39, 0.29) is 15.8 Å². The average Bonchev–Trinajstić information content (AvgIpc) is 2.42. The van der Waals surface area contributed by atoms with Gasteiger partial charge in [0.2, 0.25) is 0 Å². The molecule has 0 amide bonds. The van der Waals surface area contributed by atoms with Crippen molar-refractivity contribution < 1.29 is 4.79 Å². The normalized spacial score (nSPS) is 11.0. The largest absolute Gasteiger partial charge is 0.289 e. The first kappa shape index (κ1) is 15.4. The first-order valence-corrected chi connectivity index (χ1v) is 7.11. The van der Waals surface area contributed by atoms with Crippen LogP contribution in [0.4, 0.5) is 0 Å². The molecule has 0 atom stereocenters. The highest BCUT2D eigenvalue weighted by molar-refractivity contribution is 6.49. The summed E-state index contributed by atoms with van der Waals surface area (Å²) in [6.45, 7) is 0. The van der Waals surface area contributed by atoms with Crippen LogP contribution >= 0.6 is 46.4 Å². The molecular weight excluding hydrogens is 338 g/mol. The van der Waals surface area contributed by atoms with Gasteiger partial charge in [-0.15, -0.1) is 0 Å². The van der Waals surface area contributed by atoms with Crippen molar-refractivity contribution in [1.29, 1.82) is 0 Å². The number of ketones is 1. The molecule has 0 unspecified atom stereocenters. The number of halogens is 4. The number of allylic oxidation sites excluding steroid dienone is 1. The monoisotopic (exact) mass is 344 g/mol. The Kier molecular flexibility index (Phi) is 5.11. The van der Waals surface area contributed by atoms with E-state index in [1.807, 2.05) is 6.07 Å². The number of hydrogen-bond donors (Lipinski definition) is 0. The maximum atomic E-state index is 12.1. The van der Waals surface area contributed by atoms with E-state index in [2.05, 4.69) is 0 Å². The van der Waals surface area contributed by atoms with E-state index in [4.69, 9.17) is 46.4 Å². The fourth-order valence-electron chi connectivity index (χ4n) is 1.59. The molecule has 0 aliphatic carbocycles. The molecule has 0 spiro atoms. The predicted octanol–water partition coefficient (Wildman–Crippen LogP) is 6.20. The molecule has 0 saturated heterocycles. The highest BCUT2D eigenvalue weighted by Gasteiger charge is 2.13. The summed E-state index contributed by atoms with van der Waals surface area (Å²) in [5.41, 5.74) is 1.13. The molecule has 0 saturated carbocycles. The van der Waals surface area contributed by atoms with Crippen LogP contribution in [0.3, 0.4) is 0 Å². The van der Waals surface area contributed by atoms with Gasteiger partial charge in [-0.1, -0.05) is 64.6 Å². The van der Waals surface area contributed by atoms with Crippen LogP contribution in [-0.4, -0.2) is 5.78 Å². The number of rotatable bonds is 3. The third-order valence-corrected chi connectivity index (χ3v) is 4.11. The van der Waals surface area contributed by atoms with Crippen LogP contribution in [0.25, 0.3) is 6.08 Å². The van der Waals surface area contributed by atoms with Gasteiger partial charge in [-0.25, -0.2) is 0 Å². The molecule has 0 N–H and O–H groups in total. The van der Waals surface area contributed by atoms with Gasteiger partial charge in [-0.2, -0.15) is 0 Å². The molecule has 5 heteroatoms. The summed E-state index contributed by atoms with van der Waals surface area (Å²) < 4.78 is 0. The van der Waals surface area contributed by atoms with Gasteiger partial charge < -0.3 is 0 Å². The number of carbonyl (C=O) groups excluding carboxylic acids is 1. The van der Waals surface area contributed by atoms with Crippen molar-refractivity contribution in [3.63, 3.8) is 0 Å². The van der Waals surface area contributed by atoms with E-state index in [1.54, 1.807) is 30.3 Å². The summed E-state index contributed by atoms with van der Waals surface area (Å²) in [5, 5.41) is 1.24. The molecule has 0 aliphatic rings. The molecule has 2 aromatic carbocycles. The van der Waals surface area contributed by atoms with Crippen LogP contribution < -0.4 is 0 Å². The van der Waals surface area contributed by atoms with Crippen LogP contribution in [-0.2, 0) is 0 Å². The van der Waals surface area contributed by atoms with E-state index in [0.29, 0.717) is 15.6 Å². The van der Waals surface area contributed by atoms with Gasteiger partial charge in [0.25, 0.3) is 0 Å². The van der Waals surface area contributed by atoms with Crippen LogP contribution in [0.1, 0.15) is 15.9 Å². The summed E-state index contributed by atoms with van der Waals surface area (Å²) in [6, 6.07) is 10.2. The summed E-state index contributed by atoms with van der Waals surface area (Å²) >= 11 is 23.6. The Morgan fingerprint density at radius 2 is 1.70 bits per heavy atom. The number of hydrogen-bond acceptors (Lipinski definition) is 1. The Balaban J connectivity index is 2.27. The quantitative estimate of drug-likeness (QED) is 0.368. The summed E-state index contributed by atoms with van der Waals surface area (Å²) in [4.78, 5) is 12.1. The second-order valence-corrected chi connectivity index (χ2v) is 5.58. The van der Waals surface area contributed by atoms with Crippen molar-refractivity contribution in [3.05, 3.63) is 73.7 Å². The van der Waals surface area contributed by atoms with Crippen LogP contribution in [0.2, 0.25) is 20.1 Å². The second kappa shape index (κ2) is 6.64. The van der Waals surface area contributed by atoms with E-state index in [1.165, 1.54) is 12.1 Å². The Bertz CT molecular complexity index is 692. The van der Waals surface area contributed by atoms with Gasteiger partial charge in [-0.3, -0.25) is 4.79 Å². The van der Waals surface area contributed by atoms with E-state index in [0.717, 1.165) is 5.56 Å². The van der Waals surface area contributed by atoms with Crippen molar-refractivity contribution in [2.45, 2.75) is 0 Å². The second-order valence-electron chi connectivity index (χ2n) is 3.98. The van der Waals surface area contributed by atoms with Gasteiger partial charge >= 0.3 is 0 Å². The van der Waals surface area contributed by atoms with Gasteiger partial charge in [0.15, 0.2) is 5.78 Å². The zero-order valence-electron chi connectivity index (χ0n) is 10.0. The van der Waals surface area contributed by atoms with Gasteiger partial charge in [0.1, 0.15) is 0 Å². The third-order valence-electron chi connectivity index (χ3n) is 2.58. The first-order valence-electron chi connectivity index (χ1n) is 5.60. The molecule has 2 aromatic rings. The third kappa shape index (κ3) is 3.56. The number of benzene rings is 2. The molecule has 0 aromatic heterocycles. The van der Waals surface area contributed by atoms with Crippen molar-refractivity contribution in [3.8, 4) is 0 Å². The van der Waals surface area contributed by atoms with Crippen molar-refractivity contribution in [1.82, 2.24) is 0 Å². The van der Waals surface area contributed by atoms with Crippen molar-refractivity contribution in [2.24, 2.45) is 0 Å². The van der Waals surface area contributed by atoms with Crippen LogP contribution in [0, 0.1) is 0 Å². The highest BCUT2D eigenvalue weighted by atomic mass is 35.5. The lowest BCUT2D eigenvalue weighted by Crippen LogP contribution is -1.96. The van der Waals surface area contributed by atoms with Crippen LogP contribution in [0.15, 0.2) is 42.5 Å². The zero-order valence-corrected chi connectivity index (χ0v) is 13.1.